The minimum absolute atomic E-state index is 0.212. The maximum absolute atomic E-state index is 11.5. The van der Waals surface area contributed by atoms with E-state index < -0.39 is 0 Å². The van der Waals surface area contributed by atoms with Crippen LogP contribution in [-0.4, -0.2) is 41.1 Å². The molecule has 0 spiro atoms. The number of hydrogen-bond acceptors (Lipinski definition) is 7. The second-order valence-electron chi connectivity index (χ2n) is 3.74. The lowest BCUT2D eigenvalue weighted by Gasteiger charge is -2.18. The van der Waals surface area contributed by atoms with Crippen LogP contribution in [0.15, 0.2) is 9.85 Å². The molecule has 1 heterocycles. The Morgan fingerprint density at radius 3 is 2.94 bits per heavy atom. The Balaban J connectivity index is 2.35. The second kappa shape index (κ2) is 7.62. The van der Waals surface area contributed by atoms with Crippen LogP contribution in [0, 0.1) is 0 Å². The van der Waals surface area contributed by atoms with Crippen molar-refractivity contribution >= 4 is 29.1 Å². The van der Waals surface area contributed by atoms with Crippen LogP contribution in [-0.2, 0) is 9.53 Å². The highest BCUT2D eigenvalue weighted by molar-refractivity contribution is 8.00. The molecule has 1 unspecified atom stereocenters. The molecule has 0 radical (unpaired) electrons. The van der Waals surface area contributed by atoms with Gasteiger partial charge in [0.05, 0.1) is 7.11 Å². The summed E-state index contributed by atoms with van der Waals surface area (Å²) in [5, 5.41) is 10.9. The summed E-state index contributed by atoms with van der Waals surface area (Å²) in [6, 6.07) is 0.00560. The molecule has 17 heavy (non-hydrogen) atoms. The molecule has 0 aliphatic rings. The number of thioether (sulfide) groups is 1. The molecule has 96 valence electrons. The summed E-state index contributed by atoms with van der Waals surface area (Å²) in [7, 11) is 1.41. The van der Waals surface area contributed by atoms with Gasteiger partial charge in [-0.2, -0.15) is 0 Å². The molecule has 1 rings (SSSR count). The van der Waals surface area contributed by atoms with Crippen LogP contribution in [0.25, 0.3) is 0 Å². The normalized spacial score (nSPS) is 12.7. The van der Waals surface area contributed by atoms with E-state index in [1.54, 1.807) is 17.3 Å². The average molecular weight is 275 g/mol. The van der Waals surface area contributed by atoms with Gasteiger partial charge >= 0.3 is 5.97 Å². The van der Waals surface area contributed by atoms with E-state index in [-0.39, 0.29) is 18.1 Å². The highest BCUT2D eigenvalue weighted by Crippen LogP contribution is 2.20. The number of carbonyl (C=O) groups excluding carboxylic acids is 1. The molecule has 0 aliphatic heterocycles. The number of nitrogens with zero attached hydrogens (tertiary/aromatic N) is 2. The van der Waals surface area contributed by atoms with Crippen molar-refractivity contribution in [3.05, 3.63) is 5.51 Å². The van der Waals surface area contributed by atoms with Crippen molar-refractivity contribution in [1.82, 2.24) is 15.5 Å². The van der Waals surface area contributed by atoms with Gasteiger partial charge in [-0.05, 0) is 6.42 Å². The monoisotopic (exact) mass is 275 g/mol. The van der Waals surface area contributed by atoms with Crippen molar-refractivity contribution in [1.29, 1.82) is 0 Å². The maximum Gasteiger partial charge on any atom is 0.322 e. The number of esters is 1. The zero-order chi connectivity index (χ0) is 12.7. The van der Waals surface area contributed by atoms with Crippen molar-refractivity contribution in [2.45, 2.75) is 36.7 Å². The summed E-state index contributed by atoms with van der Waals surface area (Å²) in [4.78, 5) is 11.5. The van der Waals surface area contributed by atoms with E-state index in [1.165, 1.54) is 18.4 Å². The number of ether oxygens (including phenoxy) is 1. The van der Waals surface area contributed by atoms with Gasteiger partial charge in [0.15, 0.2) is 4.34 Å². The molecule has 0 fully saturated rings. The van der Waals surface area contributed by atoms with Gasteiger partial charge in [-0.3, -0.25) is 4.79 Å². The fraction of sp³-hybridized carbons (Fsp3) is 0.700. The van der Waals surface area contributed by atoms with Crippen LogP contribution in [0.2, 0.25) is 0 Å². The molecule has 0 saturated carbocycles. The number of rotatable bonds is 7. The molecule has 1 N–H and O–H groups in total. The van der Waals surface area contributed by atoms with Gasteiger partial charge in [0.2, 0.25) is 0 Å². The number of nitrogens with one attached hydrogen (secondary N) is 1. The quantitative estimate of drug-likeness (QED) is 0.602. The first kappa shape index (κ1) is 14.4. The zero-order valence-electron chi connectivity index (χ0n) is 10.2. The molecule has 1 aromatic heterocycles. The first-order valence-corrected chi connectivity index (χ1v) is 7.23. The average Bonchev–Trinajstić information content (AvgIpc) is 2.79. The van der Waals surface area contributed by atoms with Crippen LogP contribution >= 0.6 is 23.1 Å². The Kier molecular flexibility index (Phi) is 6.46. The zero-order valence-corrected chi connectivity index (χ0v) is 11.8. The lowest BCUT2D eigenvalue weighted by Crippen LogP contribution is -2.41. The van der Waals surface area contributed by atoms with Gasteiger partial charge < -0.3 is 10.1 Å². The van der Waals surface area contributed by atoms with Gasteiger partial charge in [0.25, 0.3) is 0 Å². The van der Waals surface area contributed by atoms with Crippen LogP contribution in [0.5, 0.6) is 0 Å². The molecule has 0 aromatic carbocycles. The molecular formula is C10H17N3O2S2. The lowest BCUT2D eigenvalue weighted by atomic mass is 10.2. The maximum atomic E-state index is 11.5. The molecule has 0 amide bonds. The summed E-state index contributed by atoms with van der Waals surface area (Å²) < 4.78 is 5.69. The first-order valence-electron chi connectivity index (χ1n) is 5.36. The van der Waals surface area contributed by atoms with E-state index in [0.29, 0.717) is 0 Å². The Labute approximate surface area is 109 Å². The summed E-state index contributed by atoms with van der Waals surface area (Å²) in [5.41, 5.74) is 1.70. The summed E-state index contributed by atoms with van der Waals surface area (Å²) >= 11 is 3.11. The van der Waals surface area contributed by atoms with Crippen LogP contribution in [0.3, 0.4) is 0 Å². The van der Waals surface area contributed by atoms with E-state index >= 15 is 0 Å². The molecule has 1 aromatic rings. The third-order valence-electron chi connectivity index (χ3n) is 1.99. The van der Waals surface area contributed by atoms with Crippen LogP contribution in [0.4, 0.5) is 0 Å². The van der Waals surface area contributed by atoms with Gasteiger partial charge in [-0.25, -0.2) is 0 Å². The predicted octanol–water partition coefficient (Wildman–Crippen LogP) is 1.56. The Morgan fingerprint density at radius 2 is 2.41 bits per heavy atom. The smallest absolute Gasteiger partial charge is 0.322 e. The highest BCUT2D eigenvalue weighted by Gasteiger charge is 2.19. The molecule has 5 nitrogen and oxygen atoms in total. The third kappa shape index (κ3) is 5.47. The van der Waals surface area contributed by atoms with E-state index in [4.69, 9.17) is 4.74 Å². The largest absolute Gasteiger partial charge is 0.468 e. The number of aromatic nitrogens is 2. The minimum Gasteiger partial charge on any atom is -0.468 e. The first-order chi connectivity index (χ1) is 8.13. The Morgan fingerprint density at radius 1 is 1.65 bits per heavy atom. The standard InChI is InChI=1S/C10H17N3O2S2/c1-7(2)12-8(9(14)15-3)4-5-16-10-13-11-6-17-10/h6-8,12H,4-5H2,1-3H3. The summed E-state index contributed by atoms with van der Waals surface area (Å²) in [6.45, 7) is 4.02. The van der Waals surface area contributed by atoms with Crippen molar-refractivity contribution in [2.24, 2.45) is 0 Å². The van der Waals surface area contributed by atoms with Gasteiger partial charge in [0.1, 0.15) is 11.6 Å². The van der Waals surface area contributed by atoms with E-state index in [9.17, 15) is 4.79 Å². The molecule has 0 bridgehead atoms. The second-order valence-corrected chi connectivity index (χ2v) is 5.91. The third-order valence-corrected chi connectivity index (χ3v) is 3.89. The predicted molar refractivity (Wildman–Crippen MR) is 69.3 cm³/mol. The molecule has 1 atom stereocenters. The topological polar surface area (TPSA) is 64.1 Å². The molecule has 0 aliphatic carbocycles. The summed E-state index contributed by atoms with van der Waals surface area (Å²) in [5.74, 6) is 0.603. The minimum atomic E-state index is -0.250. The number of carbonyl (C=O) groups is 1. The SMILES string of the molecule is COC(=O)C(CCSc1nncs1)NC(C)C. The van der Waals surface area contributed by atoms with Crippen LogP contribution < -0.4 is 5.32 Å². The number of methoxy groups -OCH3 is 1. The fourth-order valence-electron chi connectivity index (χ4n) is 1.30. The van der Waals surface area contributed by atoms with Crippen LogP contribution in [0.1, 0.15) is 20.3 Å². The van der Waals surface area contributed by atoms with Gasteiger partial charge in [-0.1, -0.05) is 36.9 Å². The van der Waals surface area contributed by atoms with E-state index in [0.717, 1.165) is 16.5 Å². The molecule has 7 heteroatoms. The van der Waals surface area contributed by atoms with Crippen molar-refractivity contribution in [3.8, 4) is 0 Å². The number of hydrogen-bond donors (Lipinski definition) is 1. The summed E-state index contributed by atoms with van der Waals surface area (Å²) in [6.07, 6.45) is 0.717. The molecular weight excluding hydrogens is 258 g/mol. The van der Waals surface area contributed by atoms with Crippen molar-refractivity contribution in [2.75, 3.05) is 12.9 Å². The lowest BCUT2D eigenvalue weighted by molar-refractivity contribution is -0.143. The van der Waals surface area contributed by atoms with Crippen molar-refractivity contribution < 1.29 is 9.53 Å². The fourth-order valence-corrected chi connectivity index (χ4v) is 2.87. The van der Waals surface area contributed by atoms with E-state index in [1.807, 2.05) is 13.8 Å². The molecule has 0 saturated heterocycles. The van der Waals surface area contributed by atoms with E-state index in [2.05, 4.69) is 15.5 Å². The Bertz CT molecular complexity index is 330. The van der Waals surface area contributed by atoms with Gasteiger partial charge in [0, 0.05) is 11.8 Å². The van der Waals surface area contributed by atoms with Gasteiger partial charge in [-0.15, -0.1) is 10.2 Å². The Hall–Kier alpha value is -0.660. The highest BCUT2D eigenvalue weighted by atomic mass is 32.2. The van der Waals surface area contributed by atoms with Crippen molar-refractivity contribution in [3.63, 3.8) is 0 Å².